The van der Waals surface area contributed by atoms with Crippen molar-refractivity contribution < 1.29 is 22.6 Å². The van der Waals surface area contributed by atoms with Crippen molar-refractivity contribution in [3.8, 4) is 5.75 Å². The van der Waals surface area contributed by atoms with Crippen molar-refractivity contribution in [3.05, 3.63) is 17.9 Å². The maximum absolute atomic E-state index is 13.3. The van der Waals surface area contributed by atoms with E-state index in [4.69, 9.17) is 10.5 Å². The van der Waals surface area contributed by atoms with Gasteiger partial charge in [0, 0.05) is 31.2 Å². The predicted molar refractivity (Wildman–Crippen MR) is 64.9 cm³/mol. The van der Waals surface area contributed by atoms with Gasteiger partial charge in [-0.25, -0.2) is 4.39 Å². The molecule has 1 atom stereocenters. The molecule has 19 heavy (non-hydrogen) atoms. The standard InChI is InChI=1S/C12H15F3N2O2/c13-8-3-9(16)10(4-11(8)19-12(14)15)17-5-7-1-2-18-6-7/h3-4,7,12,17H,1-2,5-6,16H2. The molecule has 2 rings (SSSR count). The summed E-state index contributed by atoms with van der Waals surface area (Å²) in [6.45, 7) is -1.13. The number of hydrogen-bond donors (Lipinski definition) is 2. The lowest BCUT2D eigenvalue weighted by molar-refractivity contribution is -0.0521. The van der Waals surface area contributed by atoms with Gasteiger partial charge in [-0.1, -0.05) is 0 Å². The summed E-state index contributed by atoms with van der Waals surface area (Å²) in [5.74, 6) is -1.09. The van der Waals surface area contributed by atoms with Gasteiger partial charge in [0.05, 0.1) is 18.0 Å². The van der Waals surface area contributed by atoms with Crippen molar-refractivity contribution in [3.63, 3.8) is 0 Å². The van der Waals surface area contributed by atoms with Crippen LogP contribution < -0.4 is 15.8 Å². The molecule has 1 aliphatic heterocycles. The molecule has 0 bridgehead atoms. The third kappa shape index (κ3) is 3.66. The van der Waals surface area contributed by atoms with E-state index in [1.165, 1.54) is 0 Å². The van der Waals surface area contributed by atoms with E-state index in [0.29, 0.717) is 31.4 Å². The van der Waals surface area contributed by atoms with Gasteiger partial charge in [-0.15, -0.1) is 0 Å². The van der Waals surface area contributed by atoms with Crippen molar-refractivity contribution in [2.75, 3.05) is 30.8 Å². The Bertz CT molecular complexity index is 437. The predicted octanol–water partition coefficient (Wildman–Crippen LogP) is 2.46. The Morgan fingerprint density at radius 2 is 2.26 bits per heavy atom. The summed E-state index contributed by atoms with van der Waals surface area (Å²) in [7, 11) is 0. The lowest BCUT2D eigenvalue weighted by Gasteiger charge is -2.14. The molecule has 1 saturated heterocycles. The summed E-state index contributed by atoms with van der Waals surface area (Å²) in [5.41, 5.74) is 6.16. The van der Waals surface area contributed by atoms with Crippen LogP contribution in [0.3, 0.4) is 0 Å². The smallest absolute Gasteiger partial charge is 0.387 e. The maximum atomic E-state index is 13.3. The highest BCUT2D eigenvalue weighted by molar-refractivity contribution is 5.68. The highest BCUT2D eigenvalue weighted by atomic mass is 19.3. The molecule has 0 saturated carbocycles. The monoisotopic (exact) mass is 276 g/mol. The molecule has 106 valence electrons. The number of nitrogen functional groups attached to an aromatic ring is 1. The average molecular weight is 276 g/mol. The molecule has 0 spiro atoms. The molecule has 1 aliphatic rings. The topological polar surface area (TPSA) is 56.5 Å². The van der Waals surface area contributed by atoms with Crippen LogP contribution in [0, 0.1) is 11.7 Å². The molecule has 1 aromatic carbocycles. The zero-order chi connectivity index (χ0) is 13.8. The largest absolute Gasteiger partial charge is 0.432 e. The van der Waals surface area contributed by atoms with Crippen LogP contribution in [0.2, 0.25) is 0 Å². The van der Waals surface area contributed by atoms with E-state index >= 15 is 0 Å². The van der Waals surface area contributed by atoms with E-state index in [1.54, 1.807) is 0 Å². The van der Waals surface area contributed by atoms with Gasteiger partial charge in [0.2, 0.25) is 0 Å². The van der Waals surface area contributed by atoms with Crippen LogP contribution >= 0.6 is 0 Å². The molecule has 0 aromatic heterocycles. The number of alkyl halides is 2. The second kappa shape index (κ2) is 6.01. The fourth-order valence-corrected chi connectivity index (χ4v) is 1.91. The fraction of sp³-hybridized carbons (Fsp3) is 0.500. The van der Waals surface area contributed by atoms with Crippen LogP contribution in [0.1, 0.15) is 6.42 Å². The van der Waals surface area contributed by atoms with E-state index in [2.05, 4.69) is 10.1 Å². The van der Waals surface area contributed by atoms with Gasteiger partial charge < -0.3 is 20.5 Å². The first-order valence-electron chi connectivity index (χ1n) is 5.91. The summed E-state index contributed by atoms with van der Waals surface area (Å²) in [6, 6.07) is 2.11. The van der Waals surface area contributed by atoms with Crippen molar-refractivity contribution in [1.29, 1.82) is 0 Å². The summed E-state index contributed by atoms with van der Waals surface area (Å²) < 4.78 is 46.9. The average Bonchev–Trinajstić information content (AvgIpc) is 2.83. The van der Waals surface area contributed by atoms with Gasteiger partial charge in [-0.3, -0.25) is 0 Å². The Balaban J connectivity index is 2.05. The zero-order valence-corrected chi connectivity index (χ0v) is 10.2. The number of benzene rings is 1. The zero-order valence-electron chi connectivity index (χ0n) is 10.2. The number of halogens is 3. The van der Waals surface area contributed by atoms with Crippen LogP contribution in [0.4, 0.5) is 24.5 Å². The van der Waals surface area contributed by atoms with E-state index in [0.717, 1.165) is 18.6 Å². The molecule has 1 unspecified atom stereocenters. The Labute approximate surface area is 108 Å². The quantitative estimate of drug-likeness (QED) is 0.811. The van der Waals surface area contributed by atoms with Crippen molar-refractivity contribution in [2.45, 2.75) is 13.0 Å². The Kier molecular flexibility index (Phi) is 4.36. The molecule has 0 radical (unpaired) electrons. The minimum absolute atomic E-state index is 0.151. The molecule has 3 N–H and O–H groups in total. The fourth-order valence-electron chi connectivity index (χ4n) is 1.91. The molecule has 0 aliphatic carbocycles. The van der Waals surface area contributed by atoms with Gasteiger partial charge >= 0.3 is 6.61 Å². The van der Waals surface area contributed by atoms with Crippen molar-refractivity contribution in [1.82, 2.24) is 0 Å². The van der Waals surface area contributed by atoms with Crippen LogP contribution in [0.15, 0.2) is 12.1 Å². The van der Waals surface area contributed by atoms with Crippen molar-refractivity contribution >= 4 is 11.4 Å². The SMILES string of the molecule is Nc1cc(F)c(OC(F)F)cc1NCC1CCOC1. The molecule has 1 heterocycles. The van der Waals surface area contributed by atoms with Crippen molar-refractivity contribution in [2.24, 2.45) is 5.92 Å². The first kappa shape index (κ1) is 13.8. The lowest BCUT2D eigenvalue weighted by atomic mass is 10.1. The van der Waals surface area contributed by atoms with E-state index in [9.17, 15) is 13.2 Å². The summed E-state index contributed by atoms with van der Waals surface area (Å²) in [4.78, 5) is 0. The highest BCUT2D eigenvalue weighted by Gasteiger charge is 2.17. The number of ether oxygens (including phenoxy) is 2. The highest BCUT2D eigenvalue weighted by Crippen LogP contribution is 2.29. The molecule has 1 aromatic rings. The van der Waals surface area contributed by atoms with Crippen LogP contribution in [-0.4, -0.2) is 26.4 Å². The Morgan fingerprint density at radius 3 is 2.89 bits per heavy atom. The Hall–Kier alpha value is -1.63. The molecule has 1 fully saturated rings. The van der Waals surface area contributed by atoms with Gasteiger partial charge in [0.1, 0.15) is 0 Å². The number of rotatable bonds is 5. The maximum Gasteiger partial charge on any atom is 0.387 e. The normalized spacial score (nSPS) is 18.8. The molecular formula is C12H15F3N2O2. The first-order valence-corrected chi connectivity index (χ1v) is 5.91. The van der Waals surface area contributed by atoms with Gasteiger partial charge in [0.25, 0.3) is 0 Å². The number of hydrogen-bond acceptors (Lipinski definition) is 4. The van der Waals surface area contributed by atoms with E-state index < -0.39 is 18.2 Å². The molecule has 4 nitrogen and oxygen atoms in total. The van der Waals surface area contributed by atoms with E-state index in [-0.39, 0.29) is 5.69 Å². The van der Waals surface area contributed by atoms with Crippen LogP contribution in [0.25, 0.3) is 0 Å². The Morgan fingerprint density at radius 1 is 1.47 bits per heavy atom. The van der Waals surface area contributed by atoms with Crippen LogP contribution in [-0.2, 0) is 4.74 Å². The molecular weight excluding hydrogens is 261 g/mol. The number of anilines is 2. The number of nitrogens with two attached hydrogens (primary N) is 1. The molecule has 0 amide bonds. The van der Waals surface area contributed by atoms with Gasteiger partial charge in [-0.2, -0.15) is 8.78 Å². The summed E-state index contributed by atoms with van der Waals surface area (Å²) in [5, 5.41) is 3.00. The van der Waals surface area contributed by atoms with Gasteiger partial charge in [0.15, 0.2) is 11.6 Å². The summed E-state index contributed by atoms with van der Waals surface area (Å²) in [6.07, 6.45) is 0.925. The number of nitrogens with one attached hydrogen (secondary N) is 1. The molecule has 7 heteroatoms. The third-order valence-corrected chi connectivity index (χ3v) is 2.93. The van der Waals surface area contributed by atoms with Crippen LogP contribution in [0.5, 0.6) is 5.75 Å². The lowest BCUT2D eigenvalue weighted by Crippen LogP contribution is -2.15. The minimum atomic E-state index is -3.07. The second-order valence-electron chi connectivity index (χ2n) is 4.36. The third-order valence-electron chi connectivity index (χ3n) is 2.93. The van der Waals surface area contributed by atoms with E-state index in [1.807, 2.05) is 0 Å². The minimum Gasteiger partial charge on any atom is -0.432 e. The first-order chi connectivity index (χ1) is 9.06. The van der Waals surface area contributed by atoms with Gasteiger partial charge in [-0.05, 0) is 6.42 Å². The summed E-state index contributed by atoms with van der Waals surface area (Å²) >= 11 is 0. The second-order valence-corrected chi connectivity index (χ2v) is 4.36.